The van der Waals surface area contributed by atoms with Crippen molar-refractivity contribution in [3.8, 4) is 6.07 Å². The third kappa shape index (κ3) is 5.96. The minimum absolute atomic E-state index is 0.0426. The van der Waals surface area contributed by atoms with Gasteiger partial charge in [-0.05, 0) is 48.5 Å². The monoisotopic (exact) mass is 407 g/mol. The van der Waals surface area contributed by atoms with Gasteiger partial charge in [0.05, 0.1) is 37.9 Å². The molecule has 0 spiro atoms. The Labute approximate surface area is 176 Å². The van der Waals surface area contributed by atoms with Gasteiger partial charge in [-0.2, -0.15) is 5.26 Å². The zero-order valence-corrected chi connectivity index (χ0v) is 16.9. The summed E-state index contributed by atoms with van der Waals surface area (Å²) in [6.07, 6.45) is 0. The molecule has 2 amide bonds. The van der Waals surface area contributed by atoms with Gasteiger partial charge < -0.3 is 25.2 Å². The summed E-state index contributed by atoms with van der Waals surface area (Å²) in [5.41, 5.74) is 3.07. The second-order valence-electron chi connectivity index (χ2n) is 6.99. The van der Waals surface area contributed by atoms with Gasteiger partial charge in [0.1, 0.15) is 0 Å². The zero-order valence-electron chi connectivity index (χ0n) is 16.9. The molecule has 1 saturated heterocycles. The number of nitrogens with zero attached hydrogens (tertiary/aromatic N) is 3. The number of hydrogen-bond acceptors (Lipinski definition) is 6. The lowest BCUT2D eigenvalue weighted by molar-refractivity contribution is -0.131. The molecule has 0 unspecified atom stereocenters. The van der Waals surface area contributed by atoms with E-state index in [-0.39, 0.29) is 24.9 Å². The molecule has 1 heterocycles. The second kappa shape index (κ2) is 10.3. The SMILES string of the molecule is CN(CC(=O)Nc1ccc(N2CCOCC2)cc1)C(=O)CNc1ccc(C#N)cc1. The summed E-state index contributed by atoms with van der Waals surface area (Å²) in [7, 11) is 1.59. The van der Waals surface area contributed by atoms with Crippen molar-refractivity contribution in [2.24, 2.45) is 0 Å². The number of ether oxygens (including phenoxy) is 1. The molecule has 3 rings (SSSR count). The maximum absolute atomic E-state index is 12.3. The molecule has 1 aliphatic heterocycles. The van der Waals surface area contributed by atoms with Crippen LogP contribution in [-0.4, -0.2) is 63.2 Å². The molecule has 8 heteroatoms. The van der Waals surface area contributed by atoms with Gasteiger partial charge >= 0.3 is 0 Å². The minimum atomic E-state index is -0.261. The van der Waals surface area contributed by atoms with Crippen LogP contribution >= 0.6 is 0 Å². The van der Waals surface area contributed by atoms with E-state index in [1.165, 1.54) is 4.90 Å². The molecule has 1 fully saturated rings. The summed E-state index contributed by atoms with van der Waals surface area (Å²) >= 11 is 0. The standard InChI is InChI=1S/C22H25N5O3/c1-26(22(29)15-24-18-4-2-17(14-23)3-5-18)16-21(28)25-19-6-8-20(9-7-19)27-10-12-30-13-11-27/h2-9,24H,10-13,15-16H2,1H3,(H,25,28). The highest BCUT2D eigenvalue weighted by molar-refractivity contribution is 5.95. The number of nitriles is 1. The van der Waals surface area contributed by atoms with Gasteiger partial charge in [0.25, 0.3) is 0 Å². The number of anilines is 3. The molecule has 0 aliphatic carbocycles. The average molecular weight is 407 g/mol. The molecule has 30 heavy (non-hydrogen) atoms. The maximum atomic E-state index is 12.3. The molecular weight excluding hydrogens is 382 g/mol. The van der Waals surface area contributed by atoms with E-state index in [4.69, 9.17) is 10.00 Å². The number of carbonyl (C=O) groups is 2. The fourth-order valence-electron chi connectivity index (χ4n) is 3.06. The summed E-state index contributed by atoms with van der Waals surface area (Å²) < 4.78 is 5.36. The van der Waals surface area contributed by atoms with Crippen molar-refractivity contribution in [1.29, 1.82) is 5.26 Å². The quantitative estimate of drug-likeness (QED) is 0.728. The Hall–Kier alpha value is -3.57. The van der Waals surface area contributed by atoms with Crippen LogP contribution in [0.4, 0.5) is 17.1 Å². The smallest absolute Gasteiger partial charge is 0.243 e. The van der Waals surface area contributed by atoms with Crippen LogP contribution in [-0.2, 0) is 14.3 Å². The van der Waals surface area contributed by atoms with Crippen LogP contribution in [0.15, 0.2) is 48.5 Å². The van der Waals surface area contributed by atoms with Crippen molar-refractivity contribution in [2.75, 3.05) is 62.0 Å². The van der Waals surface area contributed by atoms with E-state index < -0.39 is 0 Å². The molecule has 0 saturated carbocycles. The molecule has 0 radical (unpaired) electrons. The molecular formula is C22H25N5O3. The molecule has 0 bridgehead atoms. The van der Waals surface area contributed by atoms with Crippen molar-refractivity contribution >= 4 is 28.9 Å². The highest BCUT2D eigenvalue weighted by Crippen LogP contribution is 2.19. The van der Waals surface area contributed by atoms with Crippen molar-refractivity contribution < 1.29 is 14.3 Å². The summed E-state index contributed by atoms with van der Waals surface area (Å²) in [5.74, 6) is -0.472. The van der Waals surface area contributed by atoms with Crippen LogP contribution in [0.3, 0.4) is 0 Å². The predicted octanol–water partition coefficient (Wildman–Crippen LogP) is 1.90. The zero-order chi connectivity index (χ0) is 21.3. The van der Waals surface area contributed by atoms with Gasteiger partial charge in [0.15, 0.2) is 0 Å². The van der Waals surface area contributed by atoms with Gasteiger partial charge in [0, 0.05) is 37.2 Å². The highest BCUT2D eigenvalue weighted by atomic mass is 16.5. The van der Waals surface area contributed by atoms with E-state index in [9.17, 15) is 9.59 Å². The lowest BCUT2D eigenvalue weighted by atomic mass is 10.2. The summed E-state index contributed by atoms with van der Waals surface area (Å²) in [6.45, 7) is 3.17. The fraction of sp³-hybridized carbons (Fsp3) is 0.318. The molecule has 0 aromatic heterocycles. The number of likely N-dealkylation sites (N-methyl/N-ethyl adjacent to an activating group) is 1. The molecule has 0 atom stereocenters. The number of nitrogens with one attached hydrogen (secondary N) is 2. The van der Waals surface area contributed by atoms with E-state index in [0.29, 0.717) is 11.3 Å². The van der Waals surface area contributed by atoms with Gasteiger partial charge in [-0.15, -0.1) is 0 Å². The second-order valence-corrected chi connectivity index (χ2v) is 6.99. The third-order valence-corrected chi connectivity index (χ3v) is 4.79. The Bertz CT molecular complexity index is 900. The maximum Gasteiger partial charge on any atom is 0.243 e. The summed E-state index contributed by atoms with van der Waals surface area (Å²) in [5, 5.41) is 14.6. The number of amides is 2. The van der Waals surface area contributed by atoms with Crippen LogP contribution in [0.25, 0.3) is 0 Å². The summed E-state index contributed by atoms with van der Waals surface area (Å²) in [6, 6.07) is 16.5. The third-order valence-electron chi connectivity index (χ3n) is 4.79. The number of carbonyl (C=O) groups excluding carboxylic acids is 2. The first kappa shape index (κ1) is 21.1. The Morgan fingerprint density at radius 3 is 2.33 bits per heavy atom. The first-order valence-electron chi connectivity index (χ1n) is 9.76. The minimum Gasteiger partial charge on any atom is -0.378 e. The van der Waals surface area contributed by atoms with Crippen LogP contribution in [0, 0.1) is 11.3 Å². The normalized spacial score (nSPS) is 13.3. The van der Waals surface area contributed by atoms with Gasteiger partial charge in [-0.1, -0.05) is 0 Å². The molecule has 2 aromatic rings. The van der Waals surface area contributed by atoms with Crippen LogP contribution in [0.1, 0.15) is 5.56 Å². The van der Waals surface area contributed by atoms with Crippen LogP contribution < -0.4 is 15.5 Å². The van der Waals surface area contributed by atoms with E-state index in [1.54, 1.807) is 31.3 Å². The first-order chi connectivity index (χ1) is 14.5. The first-order valence-corrected chi connectivity index (χ1v) is 9.76. The van der Waals surface area contributed by atoms with Crippen molar-refractivity contribution in [1.82, 2.24) is 4.90 Å². The van der Waals surface area contributed by atoms with Crippen molar-refractivity contribution in [2.45, 2.75) is 0 Å². The van der Waals surface area contributed by atoms with E-state index >= 15 is 0 Å². The fourth-order valence-corrected chi connectivity index (χ4v) is 3.06. The number of morpholine rings is 1. The lowest BCUT2D eigenvalue weighted by Gasteiger charge is -2.28. The predicted molar refractivity (Wildman–Crippen MR) is 115 cm³/mol. The number of rotatable bonds is 7. The lowest BCUT2D eigenvalue weighted by Crippen LogP contribution is -2.38. The van der Waals surface area contributed by atoms with Crippen molar-refractivity contribution in [3.05, 3.63) is 54.1 Å². The molecule has 2 N–H and O–H groups in total. The number of benzene rings is 2. The van der Waals surface area contributed by atoms with E-state index in [0.717, 1.165) is 37.7 Å². The Balaban J connectivity index is 1.44. The topological polar surface area (TPSA) is 97.7 Å². The van der Waals surface area contributed by atoms with E-state index in [1.807, 2.05) is 30.3 Å². The summed E-state index contributed by atoms with van der Waals surface area (Å²) in [4.78, 5) is 28.1. The van der Waals surface area contributed by atoms with E-state index in [2.05, 4.69) is 15.5 Å². The Morgan fingerprint density at radius 2 is 1.70 bits per heavy atom. The number of hydrogen-bond donors (Lipinski definition) is 2. The molecule has 8 nitrogen and oxygen atoms in total. The van der Waals surface area contributed by atoms with Gasteiger partial charge in [-0.25, -0.2) is 0 Å². The average Bonchev–Trinajstić information content (AvgIpc) is 2.78. The molecule has 2 aromatic carbocycles. The van der Waals surface area contributed by atoms with Crippen molar-refractivity contribution in [3.63, 3.8) is 0 Å². The van der Waals surface area contributed by atoms with Gasteiger partial charge in [-0.3, -0.25) is 9.59 Å². The Morgan fingerprint density at radius 1 is 1.07 bits per heavy atom. The van der Waals surface area contributed by atoms with Gasteiger partial charge in [0.2, 0.25) is 11.8 Å². The molecule has 1 aliphatic rings. The Kier molecular flexibility index (Phi) is 7.24. The molecule has 156 valence electrons. The van der Waals surface area contributed by atoms with Crippen LogP contribution in [0.5, 0.6) is 0 Å². The largest absolute Gasteiger partial charge is 0.378 e. The highest BCUT2D eigenvalue weighted by Gasteiger charge is 2.14. The van der Waals surface area contributed by atoms with Crippen LogP contribution in [0.2, 0.25) is 0 Å².